The van der Waals surface area contributed by atoms with Crippen LogP contribution >= 0.6 is 0 Å². The van der Waals surface area contributed by atoms with Crippen LogP contribution < -0.4 is 4.74 Å². The lowest BCUT2D eigenvalue weighted by Gasteiger charge is -2.12. The quantitative estimate of drug-likeness (QED) is 0.770. The minimum absolute atomic E-state index is 0.160. The van der Waals surface area contributed by atoms with Gasteiger partial charge in [0, 0.05) is 6.42 Å². The summed E-state index contributed by atoms with van der Waals surface area (Å²) in [6.07, 6.45) is 3.06. The van der Waals surface area contributed by atoms with E-state index in [2.05, 4.69) is 19.9 Å². The molecule has 0 fully saturated rings. The second kappa shape index (κ2) is 4.60. The highest BCUT2D eigenvalue weighted by Crippen LogP contribution is 2.35. The third-order valence-electron chi connectivity index (χ3n) is 3.01. The van der Waals surface area contributed by atoms with Gasteiger partial charge in [-0.3, -0.25) is 0 Å². The molecule has 0 radical (unpaired) electrons. The Morgan fingerprint density at radius 1 is 1.38 bits per heavy atom. The Bertz CT molecular complexity index is 393. The van der Waals surface area contributed by atoms with E-state index in [1.807, 2.05) is 24.5 Å². The van der Waals surface area contributed by atoms with Crippen LogP contribution in [0.5, 0.6) is 5.75 Å². The molecule has 0 amide bonds. The zero-order valence-electron chi connectivity index (χ0n) is 10.1. The van der Waals surface area contributed by atoms with Crippen LogP contribution in [0.15, 0.2) is 36.1 Å². The van der Waals surface area contributed by atoms with Gasteiger partial charge in [0.05, 0.1) is 13.4 Å². The lowest BCUT2D eigenvalue weighted by molar-refractivity contribution is 0.173. The predicted molar refractivity (Wildman–Crippen MR) is 64.4 cm³/mol. The molecular formula is C14H18O2. The molecule has 0 saturated carbocycles. The average molecular weight is 218 g/mol. The molecule has 0 saturated heterocycles. The number of rotatable bonds is 3. The largest absolute Gasteiger partial charge is 0.497 e. The topological polar surface area (TPSA) is 18.5 Å². The maximum atomic E-state index is 5.69. The van der Waals surface area contributed by atoms with E-state index >= 15 is 0 Å². The lowest BCUT2D eigenvalue weighted by Crippen LogP contribution is -1.98. The highest BCUT2D eigenvalue weighted by molar-refractivity contribution is 5.31. The van der Waals surface area contributed by atoms with E-state index in [9.17, 15) is 0 Å². The first kappa shape index (κ1) is 11.1. The molecule has 2 rings (SSSR count). The molecule has 1 aromatic carbocycles. The van der Waals surface area contributed by atoms with Crippen LogP contribution in [0.4, 0.5) is 0 Å². The molecule has 0 bridgehead atoms. The number of hydrogen-bond acceptors (Lipinski definition) is 2. The summed E-state index contributed by atoms with van der Waals surface area (Å²) in [6, 6.07) is 8.09. The minimum Gasteiger partial charge on any atom is -0.497 e. The Hall–Kier alpha value is -1.44. The van der Waals surface area contributed by atoms with E-state index in [0.717, 1.165) is 12.2 Å². The van der Waals surface area contributed by atoms with E-state index in [0.29, 0.717) is 5.92 Å². The molecule has 16 heavy (non-hydrogen) atoms. The van der Waals surface area contributed by atoms with Gasteiger partial charge in [0.25, 0.3) is 0 Å². The molecule has 86 valence electrons. The van der Waals surface area contributed by atoms with Crippen LogP contribution in [-0.2, 0) is 4.74 Å². The van der Waals surface area contributed by atoms with Crippen LogP contribution in [0.1, 0.15) is 31.9 Å². The minimum atomic E-state index is 0.160. The van der Waals surface area contributed by atoms with E-state index < -0.39 is 0 Å². The number of ether oxygens (including phenoxy) is 2. The second-order valence-electron chi connectivity index (χ2n) is 4.45. The lowest BCUT2D eigenvalue weighted by atomic mass is 9.97. The van der Waals surface area contributed by atoms with Crippen LogP contribution in [0.2, 0.25) is 0 Å². The zero-order chi connectivity index (χ0) is 11.5. The maximum Gasteiger partial charge on any atom is 0.127 e. The third kappa shape index (κ3) is 2.21. The number of methoxy groups -OCH3 is 1. The maximum absolute atomic E-state index is 5.69. The summed E-state index contributed by atoms with van der Waals surface area (Å²) in [7, 11) is 1.69. The molecule has 2 nitrogen and oxygen atoms in total. The summed E-state index contributed by atoms with van der Waals surface area (Å²) >= 11 is 0. The van der Waals surface area contributed by atoms with E-state index in [1.54, 1.807) is 7.11 Å². The Morgan fingerprint density at radius 2 is 2.19 bits per heavy atom. The van der Waals surface area contributed by atoms with E-state index in [-0.39, 0.29) is 6.10 Å². The fourth-order valence-electron chi connectivity index (χ4n) is 1.89. The van der Waals surface area contributed by atoms with Crippen molar-refractivity contribution in [1.82, 2.24) is 0 Å². The van der Waals surface area contributed by atoms with Gasteiger partial charge in [-0.1, -0.05) is 26.0 Å². The van der Waals surface area contributed by atoms with Gasteiger partial charge in [-0.25, -0.2) is 0 Å². The van der Waals surface area contributed by atoms with E-state index in [1.165, 1.54) is 11.1 Å². The summed E-state index contributed by atoms with van der Waals surface area (Å²) in [5, 5.41) is 0. The fraction of sp³-hybridized carbons (Fsp3) is 0.429. The van der Waals surface area contributed by atoms with Crippen molar-refractivity contribution in [3.63, 3.8) is 0 Å². The normalized spacial score (nSPS) is 19.5. The molecule has 0 aromatic heterocycles. The first-order valence-corrected chi connectivity index (χ1v) is 5.69. The van der Waals surface area contributed by atoms with Crippen molar-refractivity contribution in [3.05, 3.63) is 41.7 Å². The predicted octanol–water partition coefficient (Wildman–Crippen LogP) is 3.70. The van der Waals surface area contributed by atoms with Crippen molar-refractivity contribution in [2.75, 3.05) is 7.11 Å². The van der Waals surface area contributed by atoms with Gasteiger partial charge in [-0.05, 0) is 29.2 Å². The summed E-state index contributed by atoms with van der Waals surface area (Å²) < 4.78 is 10.9. The number of benzene rings is 1. The van der Waals surface area contributed by atoms with Gasteiger partial charge in [0.1, 0.15) is 11.9 Å². The van der Waals surface area contributed by atoms with Crippen molar-refractivity contribution in [1.29, 1.82) is 0 Å². The van der Waals surface area contributed by atoms with Gasteiger partial charge < -0.3 is 9.47 Å². The molecule has 1 heterocycles. The van der Waals surface area contributed by atoms with Gasteiger partial charge in [0.15, 0.2) is 0 Å². The summed E-state index contributed by atoms with van der Waals surface area (Å²) in [5.74, 6) is 1.45. The van der Waals surface area contributed by atoms with Crippen molar-refractivity contribution >= 4 is 0 Å². The van der Waals surface area contributed by atoms with Crippen LogP contribution in [0, 0.1) is 5.92 Å². The van der Waals surface area contributed by atoms with E-state index in [4.69, 9.17) is 9.47 Å². The molecule has 0 spiro atoms. The second-order valence-corrected chi connectivity index (χ2v) is 4.45. The molecular weight excluding hydrogens is 200 g/mol. The summed E-state index contributed by atoms with van der Waals surface area (Å²) in [5.41, 5.74) is 2.57. The Morgan fingerprint density at radius 3 is 2.81 bits per heavy atom. The first-order valence-electron chi connectivity index (χ1n) is 5.69. The van der Waals surface area contributed by atoms with Gasteiger partial charge in [-0.15, -0.1) is 0 Å². The van der Waals surface area contributed by atoms with Gasteiger partial charge >= 0.3 is 0 Å². The summed E-state index contributed by atoms with van der Waals surface area (Å²) in [4.78, 5) is 0. The van der Waals surface area contributed by atoms with Crippen molar-refractivity contribution in [3.8, 4) is 5.75 Å². The molecule has 1 atom stereocenters. The Balaban J connectivity index is 2.10. The van der Waals surface area contributed by atoms with Crippen LogP contribution in [0.25, 0.3) is 0 Å². The molecule has 1 aromatic rings. The number of hydrogen-bond donors (Lipinski definition) is 0. The average Bonchev–Trinajstić information content (AvgIpc) is 2.78. The summed E-state index contributed by atoms with van der Waals surface area (Å²) in [6.45, 7) is 4.40. The SMILES string of the molecule is COc1cccc(C2CC(C(C)C)=CO2)c1. The monoisotopic (exact) mass is 218 g/mol. The van der Waals surface area contributed by atoms with Gasteiger partial charge in [-0.2, -0.15) is 0 Å². The highest BCUT2D eigenvalue weighted by atomic mass is 16.5. The molecule has 1 unspecified atom stereocenters. The van der Waals surface area contributed by atoms with Crippen LogP contribution in [-0.4, -0.2) is 7.11 Å². The Kier molecular flexibility index (Phi) is 3.18. The highest BCUT2D eigenvalue weighted by Gasteiger charge is 2.22. The third-order valence-corrected chi connectivity index (χ3v) is 3.01. The molecule has 0 N–H and O–H groups in total. The van der Waals surface area contributed by atoms with Gasteiger partial charge in [0.2, 0.25) is 0 Å². The molecule has 2 heteroatoms. The first-order chi connectivity index (χ1) is 7.70. The molecule has 0 aliphatic carbocycles. The van der Waals surface area contributed by atoms with Crippen molar-refractivity contribution in [2.45, 2.75) is 26.4 Å². The zero-order valence-corrected chi connectivity index (χ0v) is 10.1. The molecule has 1 aliphatic heterocycles. The standard InChI is InChI=1S/C14H18O2/c1-10(2)12-8-14(16-9-12)11-5-4-6-13(7-11)15-3/h4-7,9-10,14H,8H2,1-3H3. The van der Waals surface area contributed by atoms with Crippen molar-refractivity contribution < 1.29 is 9.47 Å². The fourth-order valence-corrected chi connectivity index (χ4v) is 1.89. The van der Waals surface area contributed by atoms with Crippen molar-refractivity contribution in [2.24, 2.45) is 5.92 Å². The smallest absolute Gasteiger partial charge is 0.127 e. The molecule has 1 aliphatic rings. The Labute approximate surface area is 96.9 Å². The van der Waals surface area contributed by atoms with Crippen LogP contribution in [0.3, 0.4) is 0 Å².